The SMILES string of the molecule is CNc1c(C2(C(=O)OC)CC2)c(C#N)nn1-c1c(Cl)cc(S(F)(F)(F)(F)F)cc1Cl. The van der Waals surface area contributed by atoms with Gasteiger partial charge in [0.15, 0.2) is 5.69 Å². The molecule has 1 aromatic carbocycles. The Morgan fingerprint density at radius 3 is 2.17 bits per heavy atom. The number of carbonyl (C=O) groups excluding carboxylic acids is 1. The topological polar surface area (TPSA) is 79.9 Å². The molecule has 6 nitrogen and oxygen atoms in total. The number of ether oxygens (including phenoxy) is 1. The highest BCUT2D eigenvalue weighted by atomic mass is 35.5. The molecule has 1 saturated carbocycles. The van der Waals surface area contributed by atoms with E-state index in [4.69, 9.17) is 27.9 Å². The maximum absolute atomic E-state index is 13.2. The van der Waals surface area contributed by atoms with E-state index in [1.807, 2.05) is 6.07 Å². The minimum atomic E-state index is -10.0. The van der Waals surface area contributed by atoms with E-state index in [0.29, 0.717) is 12.8 Å². The molecule has 1 aliphatic rings. The summed E-state index contributed by atoms with van der Waals surface area (Å²) in [6.07, 6.45) is 0.693. The van der Waals surface area contributed by atoms with Gasteiger partial charge in [-0.15, -0.1) is 0 Å². The lowest BCUT2D eigenvalue weighted by atomic mass is 9.95. The standard InChI is InChI=1S/C16H13Cl2F5N4O2S/c1-25-14-12(16(3-4-16)15(28)29-2)11(7-24)26-27(14)13-9(17)5-8(6-10(13)18)30(19,20,21,22)23/h5-6,25H,3-4H2,1-2H3. The van der Waals surface area contributed by atoms with Gasteiger partial charge in [0, 0.05) is 7.05 Å². The lowest BCUT2D eigenvalue weighted by molar-refractivity contribution is -0.143. The molecule has 0 radical (unpaired) electrons. The summed E-state index contributed by atoms with van der Waals surface area (Å²) in [6, 6.07) is 1.90. The predicted octanol–water partition coefficient (Wildman–Crippen LogP) is 5.95. The molecule has 1 fully saturated rings. The molecule has 0 amide bonds. The summed E-state index contributed by atoms with van der Waals surface area (Å²) in [7, 11) is -7.46. The second-order valence-corrected chi connectivity index (χ2v) is 9.85. The average molecular weight is 491 g/mol. The van der Waals surface area contributed by atoms with E-state index in [2.05, 4.69) is 10.4 Å². The molecule has 0 aliphatic heterocycles. The summed E-state index contributed by atoms with van der Waals surface area (Å²) in [5.74, 6) is -0.582. The third-order valence-electron chi connectivity index (χ3n) is 4.68. The van der Waals surface area contributed by atoms with Crippen molar-refractivity contribution in [2.75, 3.05) is 19.5 Å². The molecule has 0 saturated heterocycles. The summed E-state index contributed by atoms with van der Waals surface area (Å²) >= 11 is 11.8. The van der Waals surface area contributed by atoms with E-state index in [1.54, 1.807) is 0 Å². The molecule has 1 aromatic heterocycles. The maximum Gasteiger partial charge on any atom is 0.316 e. The highest BCUT2D eigenvalue weighted by Gasteiger charge is 2.65. The summed E-state index contributed by atoms with van der Waals surface area (Å²) in [4.78, 5) is 10.0. The fourth-order valence-corrected chi connectivity index (χ4v) is 4.64. The van der Waals surface area contributed by atoms with E-state index < -0.39 is 36.5 Å². The second kappa shape index (κ2) is 6.15. The first kappa shape index (κ1) is 22.5. The molecule has 0 atom stereocenters. The van der Waals surface area contributed by atoms with Gasteiger partial charge in [-0.1, -0.05) is 42.6 Å². The van der Waals surface area contributed by atoms with Gasteiger partial charge >= 0.3 is 16.2 Å². The fraction of sp³-hybridized carbons (Fsp3) is 0.312. The molecule has 2 aromatic rings. The molecule has 0 bridgehead atoms. The van der Waals surface area contributed by atoms with Crippen LogP contribution in [0.2, 0.25) is 10.0 Å². The van der Waals surface area contributed by atoms with Crippen molar-refractivity contribution < 1.29 is 29.0 Å². The van der Waals surface area contributed by atoms with Crippen LogP contribution in [0, 0.1) is 11.3 Å². The van der Waals surface area contributed by atoms with E-state index in [0.717, 1.165) is 4.68 Å². The minimum Gasteiger partial charge on any atom is -0.468 e. The number of nitrogens with zero attached hydrogens (tertiary/aromatic N) is 3. The van der Waals surface area contributed by atoms with Crippen LogP contribution in [-0.4, -0.2) is 29.9 Å². The van der Waals surface area contributed by atoms with Crippen molar-refractivity contribution in [1.29, 1.82) is 5.26 Å². The van der Waals surface area contributed by atoms with Gasteiger partial charge in [-0.05, 0) is 25.0 Å². The number of nitriles is 1. The van der Waals surface area contributed by atoms with Crippen molar-refractivity contribution in [3.63, 3.8) is 0 Å². The van der Waals surface area contributed by atoms with Crippen molar-refractivity contribution >= 4 is 45.2 Å². The number of carbonyl (C=O) groups is 1. The second-order valence-electron chi connectivity index (χ2n) is 6.62. The first-order valence-corrected chi connectivity index (χ1v) is 10.8. The number of esters is 1. The first-order valence-electron chi connectivity index (χ1n) is 8.13. The van der Waals surface area contributed by atoms with Crippen molar-refractivity contribution in [3.8, 4) is 11.8 Å². The first-order chi connectivity index (χ1) is 13.6. The van der Waals surface area contributed by atoms with Crippen LogP contribution < -0.4 is 5.32 Å². The van der Waals surface area contributed by atoms with Crippen LogP contribution in [0.4, 0.5) is 25.2 Å². The number of nitrogens with one attached hydrogen (secondary N) is 1. The van der Waals surface area contributed by atoms with Crippen molar-refractivity contribution in [1.82, 2.24) is 9.78 Å². The molecule has 164 valence electrons. The van der Waals surface area contributed by atoms with E-state index >= 15 is 0 Å². The summed E-state index contributed by atoms with van der Waals surface area (Å²) in [5.41, 5.74) is -1.59. The molecule has 0 spiro atoms. The van der Waals surface area contributed by atoms with Gasteiger partial charge in [-0.2, -0.15) is 10.4 Å². The normalized spacial score (nSPS) is 17.5. The van der Waals surface area contributed by atoms with Crippen molar-refractivity contribution in [3.05, 3.63) is 33.4 Å². The molecule has 0 unspecified atom stereocenters. The predicted molar refractivity (Wildman–Crippen MR) is 102 cm³/mol. The molecule has 14 heteroatoms. The summed E-state index contributed by atoms with van der Waals surface area (Å²) in [5, 5.41) is 14.7. The fourth-order valence-electron chi connectivity index (χ4n) is 3.19. The Balaban J connectivity index is 2.29. The molecular weight excluding hydrogens is 478 g/mol. The van der Waals surface area contributed by atoms with Crippen LogP contribution in [0.3, 0.4) is 0 Å². The zero-order valence-electron chi connectivity index (χ0n) is 15.3. The number of halogens is 7. The number of hydrogen-bond donors (Lipinski definition) is 1. The van der Waals surface area contributed by atoms with Crippen LogP contribution in [0.25, 0.3) is 5.69 Å². The lowest BCUT2D eigenvalue weighted by Crippen LogP contribution is -2.23. The Morgan fingerprint density at radius 2 is 1.80 bits per heavy atom. The Kier molecular flexibility index (Phi) is 4.60. The number of methoxy groups -OCH3 is 1. The monoisotopic (exact) mass is 490 g/mol. The van der Waals surface area contributed by atoms with Gasteiger partial charge in [0.05, 0.1) is 28.1 Å². The van der Waals surface area contributed by atoms with E-state index in [-0.39, 0.29) is 34.9 Å². The Bertz CT molecular complexity index is 1100. The molecule has 1 heterocycles. The van der Waals surface area contributed by atoms with Crippen molar-refractivity contribution in [2.45, 2.75) is 23.2 Å². The number of hydrogen-bond acceptors (Lipinski definition) is 5. The van der Waals surface area contributed by atoms with Gasteiger partial charge in [0.25, 0.3) is 0 Å². The minimum absolute atomic E-state index is 0.0401. The smallest absolute Gasteiger partial charge is 0.316 e. The van der Waals surface area contributed by atoms with Crippen LogP contribution in [-0.2, 0) is 14.9 Å². The van der Waals surface area contributed by atoms with Gasteiger partial charge < -0.3 is 10.1 Å². The van der Waals surface area contributed by atoms with Crippen molar-refractivity contribution in [2.24, 2.45) is 0 Å². The van der Waals surface area contributed by atoms with Gasteiger partial charge in [0.2, 0.25) is 0 Å². The molecule has 30 heavy (non-hydrogen) atoms. The van der Waals surface area contributed by atoms with Gasteiger partial charge in [-0.25, -0.2) is 4.68 Å². The number of benzene rings is 1. The Labute approximate surface area is 177 Å². The van der Waals surface area contributed by atoms with Gasteiger partial charge in [0.1, 0.15) is 22.5 Å². The third kappa shape index (κ3) is 3.55. The Morgan fingerprint density at radius 1 is 1.27 bits per heavy atom. The molecule has 3 rings (SSSR count). The highest BCUT2D eigenvalue weighted by Crippen LogP contribution is 3.02. The number of rotatable bonds is 5. The maximum atomic E-state index is 13.2. The Hall–Kier alpha value is -2.23. The van der Waals surface area contributed by atoms with Crippen LogP contribution in [0.1, 0.15) is 24.1 Å². The molecular formula is C16H13Cl2F5N4O2S. The van der Waals surface area contributed by atoms with Crippen LogP contribution in [0.5, 0.6) is 0 Å². The lowest BCUT2D eigenvalue weighted by Gasteiger charge is -2.40. The largest absolute Gasteiger partial charge is 0.468 e. The van der Waals surface area contributed by atoms with E-state index in [9.17, 15) is 29.5 Å². The quantitative estimate of drug-likeness (QED) is 0.413. The summed E-state index contributed by atoms with van der Waals surface area (Å²) < 4.78 is 71.5. The number of anilines is 1. The average Bonchev–Trinajstić information content (AvgIpc) is 3.34. The zero-order valence-corrected chi connectivity index (χ0v) is 17.6. The van der Waals surface area contributed by atoms with E-state index in [1.165, 1.54) is 14.2 Å². The molecule has 1 N–H and O–H groups in total. The zero-order chi connectivity index (χ0) is 22.8. The van der Waals surface area contributed by atoms with Gasteiger partial charge in [-0.3, -0.25) is 4.79 Å². The van der Waals surface area contributed by atoms with Crippen LogP contribution >= 0.6 is 33.4 Å². The number of aromatic nitrogens is 2. The summed E-state index contributed by atoms with van der Waals surface area (Å²) in [6.45, 7) is 0. The highest BCUT2D eigenvalue weighted by molar-refractivity contribution is 8.45. The third-order valence-corrected chi connectivity index (χ3v) is 6.38. The van der Waals surface area contributed by atoms with Crippen LogP contribution in [0.15, 0.2) is 17.0 Å². The molecule has 1 aliphatic carbocycles.